The van der Waals surface area contributed by atoms with Gasteiger partial charge in [0, 0.05) is 51.5 Å². The lowest BCUT2D eigenvalue weighted by Gasteiger charge is -2.42. The monoisotopic (exact) mass is 519 g/mol. The highest BCUT2D eigenvalue weighted by molar-refractivity contribution is 5.97. The summed E-state index contributed by atoms with van der Waals surface area (Å²) in [6, 6.07) is 7.42. The first-order chi connectivity index (χ1) is 18.5. The third-order valence-corrected chi connectivity index (χ3v) is 7.97. The minimum absolute atomic E-state index is 0.0381. The van der Waals surface area contributed by atoms with Crippen LogP contribution in [0.15, 0.2) is 48.3 Å². The first-order valence-electron chi connectivity index (χ1n) is 13.6. The fourth-order valence-electron chi connectivity index (χ4n) is 5.43. The second-order valence-corrected chi connectivity index (χ2v) is 10.5. The Hall–Kier alpha value is -3.46. The molecule has 2 amide bonds. The first kappa shape index (κ1) is 26.2. The predicted octanol–water partition coefficient (Wildman–Crippen LogP) is 3.47. The van der Waals surface area contributed by atoms with Gasteiger partial charge in [-0.05, 0) is 50.2 Å². The summed E-state index contributed by atoms with van der Waals surface area (Å²) in [5.74, 6) is 1.11. The number of hydrogen-bond donors (Lipinski definition) is 1. The van der Waals surface area contributed by atoms with E-state index in [1.165, 1.54) is 5.57 Å². The number of carbonyl (C=O) groups is 2. The summed E-state index contributed by atoms with van der Waals surface area (Å²) >= 11 is 0. The van der Waals surface area contributed by atoms with Gasteiger partial charge in [-0.1, -0.05) is 23.8 Å². The quantitative estimate of drug-likeness (QED) is 0.607. The number of morpholine rings is 1. The topological polar surface area (TPSA) is 96.9 Å². The summed E-state index contributed by atoms with van der Waals surface area (Å²) in [5.41, 5.74) is 2.31. The van der Waals surface area contributed by atoms with Crippen LogP contribution in [0.4, 0.5) is 5.95 Å². The van der Waals surface area contributed by atoms with Gasteiger partial charge in [0.1, 0.15) is 5.75 Å². The van der Waals surface area contributed by atoms with Crippen LogP contribution in [-0.4, -0.2) is 79.2 Å². The Balaban J connectivity index is 1.25. The zero-order valence-corrected chi connectivity index (χ0v) is 22.2. The van der Waals surface area contributed by atoms with Gasteiger partial charge in [-0.15, -0.1) is 0 Å². The molecule has 0 bridgehead atoms. The molecule has 2 saturated heterocycles. The number of benzene rings is 1. The second-order valence-electron chi connectivity index (χ2n) is 10.5. The van der Waals surface area contributed by atoms with Gasteiger partial charge in [0.15, 0.2) is 0 Å². The molecule has 1 spiro atoms. The third kappa shape index (κ3) is 6.15. The van der Waals surface area contributed by atoms with E-state index < -0.39 is 0 Å². The van der Waals surface area contributed by atoms with E-state index in [1.54, 1.807) is 12.4 Å². The largest absolute Gasteiger partial charge is 0.492 e. The van der Waals surface area contributed by atoms with E-state index in [2.05, 4.69) is 33.2 Å². The number of rotatable bonds is 2. The molecule has 4 heterocycles. The molecule has 0 atom stereocenters. The standard InChI is InChI=1S/C29H37N5O4/c1-22-5-4-9-29(21-32-26(35)24-6-2-3-7-25(24)38-16-8-22)10-12-33(13-11-29)27(36)23-19-30-28(31-20-23)34-14-17-37-18-15-34/h2-3,5-7,19-20H,4,8-18,21H2,1H3,(H,32,35)/b22-5+. The van der Waals surface area contributed by atoms with Crippen LogP contribution in [0.25, 0.3) is 0 Å². The van der Waals surface area contributed by atoms with Crippen molar-refractivity contribution >= 4 is 17.8 Å². The van der Waals surface area contributed by atoms with Crippen LogP contribution in [0, 0.1) is 5.41 Å². The summed E-state index contributed by atoms with van der Waals surface area (Å²) in [7, 11) is 0. The Bertz CT molecular complexity index is 1150. The first-order valence-corrected chi connectivity index (χ1v) is 13.6. The van der Waals surface area contributed by atoms with Gasteiger partial charge in [-0.3, -0.25) is 9.59 Å². The number of fused-ring (bicyclic) bond motifs is 1. The van der Waals surface area contributed by atoms with Crippen molar-refractivity contribution in [1.29, 1.82) is 0 Å². The van der Waals surface area contributed by atoms with Crippen LogP contribution in [0.3, 0.4) is 0 Å². The van der Waals surface area contributed by atoms with Gasteiger partial charge < -0.3 is 24.6 Å². The molecule has 9 nitrogen and oxygen atoms in total. The molecular formula is C29H37N5O4. The van der Waals surface area contributed by atoms with Crippen molar-refractivity contribution in [2.75, 3.05) is 57.4 Å². The molecule has 0 radical (unpaired) electrons. The van der Waals surface area contributed by atoms with Crippen LogP contribution in [0.1, 0.15) is 59.7 Å². The number of aromatic nitrogens is 2. The fraction of sp³-hybridized carbons (Fsp3) is 0.517. The fourth-order valence-corrected chi connectivity index (χ4v) is 5.43. The van der Waals surface area contributed by atoms with Gasteiger partial charge in [0.25, 0.3) is 11.8 Å². The van der Waals surface area contributed by atoms with Gasteiger partial charge in [0.05, 0.1) is 30.9 Å². The normalized spacial score (nSPS) is 22.0. The van der Waals surface area contributed by atoms with Crippen LogP contribution in [-0.2, 0) is 4.74 Å². The van der Waals surface area contributed by atoms with Crippen molar-refractivity contribution < 1.29 is 19.1 Å². The molecule has 0 unspecified atom stereocenters. The summed E-state index contributed by atoms with van der Waals surface area (Å²) < 4.78 is 11.3. The number of hydrogen-bond acceptors (Lipinski definition) is 7. The molecule has 1 N–H and O–H groups in total. The van der Waals surface area contributed by atoms with E-state index in [9.17, 15) is 9.59 Å². The molecule has 1 aromatic heterocycles. The lowest BCUT2D eigenvalue weighted by atomic mass is 9.74. The Morgan fingerprint density at radius 3 is 2.50 bits per heavy atom. The van der Waals surface area contributed by atoms with Gasteiger partial charge in [0.2, 0.25) is 5.95 Å². The maximum Gasteiger partial charge on any atom is 0.256 e. The van der Waals surface area contributed by atoms with E-state index in [0.717, 1.165) is 45.2 Å². The average Bonchev–Trinajstić information content (AvgIpc) is 2.97. The van der Waals surface area contributed by atoms with Crippen molar-refractivity contribution in [3.05, 3.63) is 59.4 Å². The Labute approximate surface area is 224 Å². The molecule has 0 saturated carbocycles. The van der Waals surface area contributed by atoms with Crippen molar-refractivity contribution in [2.24, 2.45) is 5.41 Å². The Morgan fingerprint density at radius 1 is 1.00 bits per heavy atom. The predicted molar refractivity (Wildman–Crippen MR) is 145 cm³/mol. The summed E-state index contributed by atoms with van der Waals surface area (Å²) in [4.78, 5) is 39.2. The molecule has 38 heavy (non-hydrogen) atoms. The number of piperidine rings is 1. The molecule has 1 aromatic carbocycles. The minimum Gasteiger partial charge on any atom is -0.492 e. The van der Waals surface area contributed by atoms with E-state index in [4.69, 9.17) is 9.47 Å². The highest BCUT2D eigenvalue weighted by Crippen LogP contribution is 2.37. The van der Waals surface area contributed by atoms with Crippen LogP contribution in [0.2, 0.25) is 0 Å². The van der Waals surface area contributed by atoms with Crippen LogP contribution in [0.5, 0.6) is 5.75 Å². The maximum atomic E-state index is 13.3. The number of allylic oxidation sites excluding steroid dienone is 1. The number of anilines is 1. The number of likely N-dealkylation sites (tertiary alicyclic amines) is 1. The number of nitrogens with one attached hydrogen (secondary N) is 1. The van der Waals surface area contributed by atoms with E-state index in [0.29, 0.717) is 62.3 Å². The zero-order valence-electron chi connectivity index (χ0n) is 22.2. The van der Waals surface area contributed by atoms with Gasteiger partial charge >= 0.3 is 0 Å². The molecule has 3 aliphatic heterocycles. The number of amides is 2. The van der Waals surface area contributed by atoms with Crippen molar-refractivity contribution in [2.45, 2.75) is 39.0 Å². The second kappa shape index (κ2) is 11.9. The van der Waals surface area contributed by atoms with Gasteiger partial charge in [-0.25, -0.2) is 9.97 Å². The van der Waals surface area contributed by atoms with E-state index in [1.807, 2.05) is 29.2 Å². The van der Waals surface area contributed by atoms with Crippen LogP contribution >= 0.6 is 0 Å². The molecule has 0 aliphatic carbocycles. The molecule has 9 heteroatoms. The molecule has 2 fully saturated rings. The van der Waals surface area contributed by atoms with E-state index >= 15 is 0 Å². The number of nitrogens with zero attached hydrogens (tertiary/aromatic N) is 4. The number of para-hydroxylation sites is 1. The molecule has 202 valence electrons. The summed E-state index contributed by atoms with van der Waals surface area (Å²) in [6.07, 6.45) is 9.96. The molecule has 3 aliphatic rings. The number of ether oxygens (including phenoxy) is 2. The lowest BCUT2D eigenvalue weighted by Crippen LogP contribution is -2.48. The molecule has 5 rings (SSSR count). The Morgan fingerprint density at radius 2 is 1.74 bits per heavy atom. The molecular weight excluding hydrogens is 482 g/mol. The summed E-state index contributed by atoms with van der Waals surface area (Å²) in [6.45, 7) is 7.38. The maximum absolute atomic E-state index is 13.3. The molecule has 2 aromatic rings. The van der Waals surface area contributed by atoms with Crippen molar-refractivity contribution in [1.82, 2.24) is 20.2 Å². The third-order valence-electron chi connectivity index (χ3n) is 7.97. The van der Waals surface area contributed by atoms with Crippen molar-refractivity contribution in [3.63, 3.8) is 0 Å². The summed E-state index contributed by atoms with van der Waals surface area (Å²) in [5, 5.41) is 3.19. The minimum atomic E-state index is -0.111. The van der Waals surface area contributed by atoms with Crippen molar-refractivity contribution in [3.8, 4) is 5.75 Å². The highest BCUT2D eigenvalue weighted by Gasteiger charge is 2.36. The number of carbonyl (C=O) groups excluding carboxylic acids is 2. The SMILES string of the molecule is C/C1=C\CCC2(CCN(C(=O)c3cnc(N4CCOCC4)nc3)CC2)CNC(=O)c2ccccc2OCC1. The van der Waals surface area contributed by atoms with Gasteiger partial charge in [-0.2, -0.15) is 0 Å². The smallest absolute Gasteiger partial charge is 0.256 e. The average molecular weight is 520 g/mol. The van der Waals surface area contributed by atoms with Crippen LogP contribution < -0.4 is 15.0 Å². The van der Waals surface area contributed by atoms with E-state index in [-0.39, 0.29) is 17.2 Å². The lowest BCUT2D eigenvalue weighted by molar-refractivity contribution is 0.0543. The Kier molecular flexibility index (Phi) is 8.22. The highest BCUT2D eigenvalue weighted by atomic mass is 16.5. The zero-order chi connectivity index (χ0) is 26.4.